The molecule has 0 aliphatic carbocycles. The molecule has 4 rings (SSSR count). The van der Waals surface area contributed by atoms with E-state index in [1.807, 2.05) is 13.8 Å². The summed E-state index contributed by atoms with van der Waals surface area (Å²) >= 11 is 0. The quantitative estimate of drug-likeness (QED) is 0.707. The van der Waals surface area contributed by atoms with Gasteiger partial charge < -0.3 is 18.8 Å². The van der Waals surface area contributed by atoms with E-state index in [9.17, 15) is 0 Å². The van der Waals surface area contributed by atoms with Crippen LogP contribution in [0.1, 0.15) is 30.4 Å². The lowest BCUT2D eigenvalue weighted by atomic mass is 10.1. The van der Waals surface area contributed by atoms with Gasteiger partial charge in [0.2, 0.25) is 11.8 Å². The van der Waals surface area contributed by atoms with E-state index in [0.717, 1.165) is 24.5 Å². The van der Waals surface area contributed by atoms with Crippen LogP contribution in [0.25, 0.3) is 0 Å². The van der Waals surface area contributed by atoms with Gasteiger partial charge in [0.1, 0.15) is 0 Å². The van der Waals surface area contributed by atoms with Crippen LogP contribution in [-0.4, -0.2) is 33.4 Å². The van der Waals surface area contributed by atoms with Crippen molar-refractivity contribution in [3.8, 4) is 0 Å². The van der Waals surface area contributed by atoms with E-state index in [-0.39, 0.29) is 0 Å². The van der Waals surface area contributed by atoms with E-state index < -0.39 is 0 Å². The molecule has 1 aliphatic rings. The summed E-state index contributed by atoms with van der Waals surface area (Å²) < 4.78 is 10.7. The molecule has 0 fully saturated rings. The fraction of sp³-hybridized carbons (Fsp3) is 0.444. The molecule has 0 radical (unpaired) electrons. The molecule has 3 aromatic rings. The standard InChI is InChI=1S/C18H22N6O2/c1-12-8-23(10-17-19-13(2)21-25-17)15-6-4-5-7-16(15)24(9-12)11-18-20-14(3)22-26-18/h4-7,12H,8-11H2,1-3H3. The van der Waals surface area contributed by atoms with Crippen LogP contribution < -0.4 is 9.80 Å². The Kier molecular flexibility index (Phi) is 4.32. The van der Waals surface area contributed by atoms with E-state index in [1.165, 1.54) is 0 Å². The smallest absolute Gasteiger partial charge is 0.246 e. The van der Waals surface area contributed by atoms with Gasteiger partial charge in [0.15, 0.2) is 11.6 Å². The van der Waals surface area contributed by atoms with Crippen LogP contribution in [0.4, 0.5) is 11.4 Å². The summed E-state index contributed by atoms with van der Waals surface area (Å²) in [7, 11) is 0. The summed E-state index contributed by atoms with van der Waals surface area (Å²) in [5.41, 5.74) is 2.29. The molecular formula is C18H22N6O2. The van der Waals surface area contributed by atoms with Gasteiger partial charge in [-0.25, -0.2) is 0 Å². The molecule has 0 bridgehead atoms. The van der Waals surface area contributed by atoms with Gasteiger partial charge in [-0.3, -0.25) is 0 Å². The third kappa shape index (κ3) is 3.40. The van der Waals surface area contributed by atoms with Crippen molar-refractivity contribution in [2.45, 2.75) is 33.9 Å². The summed E-state index contributed by atoms with van der Waals surface area (Å²) in [4.78, 5) is 13.3. The van der Waals surface area contributed by atoms with Crippen LogP contribution in [0.15, 0.2) is 33.3 Å². The van der Waals surface area contributed by atoms with Gasteiger partial charge in [0, 0.05) is 13.1 Å². The predicted molar refractivity (Wildman–Crippen MR) is 95.8 cm³/mol. The van der Waals surface area contributed by atoms with Crippen molar-refractivity contribution in [2.24, 2.45) is 5.92 Å². The van der Waals surface area contributed by atoms with Gasteiger partial charge in [-0.1, -0.05) is 29.4 Å². The third-order valence-corrected chi connectivity index (χ3v) is 4.42. The first kappa shape index (κ1) is 16.6. The Morgan fingerprint density at radius 3 is 1.73 bits per heavy atom. The van der Waals surface area contributed by atoms with E-state index in [2.05, 4.69) is 61.3 Å². The number of hydrogen-bond acceptors (Lipinski definition) is 8. The summed E-state index contributed by atoms with van der Waals surface area (Å²) in [5.74, 6) is 3.01. The Bertz CT molecular complexity index is 818. The van der Waals surface area contributed by atoms with E-state index in [1.54, 1.807) is 0 Å². The predicted octanol–water partition coefficient (Wildman–Crippen LogP) is 2.73. The fourth-order valence-electron chi connectivity index (χ4n) is 3.44. The molecule has 1 aromatic carbocycles. The SMILES string of the molecule is Cc1noc(CN2CC(C)CN(Cc3nc(C)no3)c3ccccc32)n1. The Labute approximate surface area is 151 Å². The normalized spacial score (nSPS) is 15.2. The summed E-state index contributed by atoms with van der Waals surface area (Å²) in [5, 5.41) is 7.81. The molecular weight excluding hydrogens is 332 g/mol. The lowest BCUT2D eigenvalue weighted by Crippen LogP contribution is -2.30. The van der Waals surface area contributed by atoms with E-state index >= 15 is 0 Å². The van der Waals surface area contributed by atoms with Crippen LogP contribution in [0, 0.1) is 19.8 Å². The Balaban J connectivity index is 1.65. The van der Waals surface area contributed by atoms with Crippen LogP contribution in [0.5, 0.6) is 0 Å². The number of para-hydroxylation sites is 2. The minimum atomic E-state index is 0.440. The van der Waals surface area contributed by atoms with Crippen molar-refractivity contribution >= 4 is 11.4 Å². The highest BCUT2D eigenvalue weighted by atomic mass is 16.5. The highest BCUT2D eigenvalue weighted by molar-refractivity contribution is 5.72. The topological polar surface area (TPSA) is 84.3 Å². The molecule has 0 amide bonds. The summed E-state index contributed by atoms with van der Waals surface area (Å²) in [6.07, 6.45) is 0. The molecule has 1 aliphatic heterocycles. The van der Waals surface area contributed by atoms with Gasteiger partial charge in [-0.2, -0.15) is 9.97 Å². The van der Waals surface area contributed by atoms with Gasteiger partial charge in [0.05, 0.1) is 24.5 Å². The Morgan fingerprint density at radius 1 is 0.885 bits per heavy atom. The summed E-state index contributed by atoms with van der Waals surface area (Å²) in [6, 6.07) is 8.36. The zero-order valence-corrected chi connectivity index (χ0v) is 15.2. The number of rotatable bonds is 4. The average Bonchev–Trinajstić information content (AvgIpc) is 3.18. The second kappa shape index (κ2) is 6.78. The number of anilines is 2. The molecule has 0 atom stereocenters. The highest BCUT2D eigenvalue weighted by Gasteiger charge is 2.26. The molecule has 8 nitrogen and oxygen atoms in total. The van der Waals surface area contributed by atoms with Crippen LogP contribution in [0.3, 0.4) is 0 Å². The van der Waals surface area contributed by atoms with E-state index in [0.29, 0.717) is 42.4 Å². The number of nitrogens with zero attached hydrogens (tertiary/aromatic N) is 6. The highest BCUT2D eigenvalue weighted by Crippen LogP contribution is 2.35. The summed E-state index contributed by atoms with van der Waals surface area (Å²) in [6.45, 7) is 8.89. The number of fused-ring (bicyclic) bond motifs is 1. The minimum Gasteiger partial charge on any atom is -0.360 e. The number of aryl methyl sites for hydroxylation is 2. The molecule has 0 saturated carbocycles. The fourth-order valence-corrected chi connectivity index (χ4v) is 3.44. The molecule has 136 valence electrons. The maximum Gasteiger partial charge on any atom is 0.246 e. The molecule has 0 spiro atoms. The lowest BCUT2D eigenvalue weighted by molar-refractivity contribution is 0.367. The third-order valence-electron chi connectivity index (χ3n) is 4.42. The first-order chi connectivity index (χ1) is 12.6. The Morgan fingerprint density at radius 2 is 1.35 bits per heavy atom. The van der Waals surface area contributed by atoms with Gasteiger partial charge in [0.25, 0.3) is 0 Å². The number of hydrogen-bond donors (Lipinski definition) is 0. The second-order valence-corrected chi connectivity index (χ2v) is 6.83. The second-order valence-electron chi connectivity index (χ2n) is 6.83. The van der Waals surface area contributed by atoms with Gasteiger partial charge >= 0.3 is 0 Å². The zero-order chi connectivity index (χ0) is 18.1. The average molecular weight is 354 g/mol. The molecule has 0 saturated heterocycles. The van der Waals surface area contributed by atoms with Crippen molar-refractivity contribution in [1.29, 1.82) is 0 Å². The molecule has 0 N–H and O–H groups in total. The molecule has 8 heteroatoms. The van der Waals surface area contributed by atoms with Crippen molar-refractivity contribution in [3.05, 3.63) is 47.7 Å². The maximum absolute atomic E-state index is 5.33. The Hall–Kier alpha value is -2.90. The van der Waals surface area contributed by atoms with Gasteiger partial charge in [-0.15, -0.1) is 0 Å². The van der Waals surface area contributed by atoms with E-state index in [4.69, 9.17) is 9.05 Å². The monoisotopic (exact) mass is 354 g/mol. The number of aromatic nitrogens is 4. The van der Waals surface area contributed by atoms with Crippen molar-refractivity contribution in [1.82, 2.24) is 20.3 Å². The molecule has 3 heterocycles. The van der Waals surface area contributed by atoms with Crippen LogP contribution in [0.2, 0.25) is 0 Å². The van der Waals surface area contributed by atoms with Gasteiger partial charge in [-0.05, 0) is 31.9 Å². The minimum absolute atomic E-state index is 0.440. The first-order valence-electron chi connectivity index (χ1n) is 8.76. The molecule has 0 unspecified atom stereocenters. The van der Waals surface area contributed by atoms with Crippen LogP contribution in [-0.2, 0) is 13.1 Å². The molecule has 26 heavy (non-hydrogen) atoms. The van der Waals surface area contributed by atoms with Crippen LogP contribution >= 0.6 is 0 Å². The maximum atomic E-state index is 5.33. The van der Waals surface area contributed by atoms with Crippen molar-refractivity contribution < 1.29 is 9.05 Å². The zero-order valence-electron chi connectivity index (χ0n) is 15.2. The largest absolute Gasteiger partial charge is 0.360 e. The first-order valence-corrected chi connectivity index (χ1v) is 8.76. The van der Waals surface area contributed by atoms with Crippen molar-refractivity contribution in [3.63, 3.8) is 0 Å². The number of benzene rings is 1. The molecule has 2 aromatic heterocycles. The lowest BCUT2D eigenvalue weighted by Gasteiger charge is -2.25. The van der Waals surface area contributed by atoms with Crippen molar-refractivity contribution in [2.75, 3.05) is 22.9 Å².